The molecule has 1 nitrogen and oxygen atoms in total. The van der Waals surface area contributed by atoms with Crippen LogP contribution in [0.2, 0.25) is 0 Å². The summed E-state index contributed by atoms with van der Waals surface area (Å²) in [5.74, 6) is 0. The minimum absolute atomic E-state index is 0.0541. The lowest BCUT2D eigenvalue weighted by molar-refractivity contribution is -0.126. The van der Waals surface area contributed by atoms with Gasteiger partial charge in [-0.15, -0.1) is 0 Å². The maximum atomic E-state index is 11.5. The van der Waals surface area contributed by atoms with Crippen LogP contribution in [0.4, 0.5) is 13.2 Å². The first kappa shape index (κ1) is 9.75. The van der Waals surface area contributed by atoms with Crippen molar-refractivity contribution in [2.24, 2.45) is 0 Å². The van der Waals surface area contributed by atoms with Crippen molar-refractivity contribution in [3.05, 3.63) is 0 Å². The summed E-state index contributed by atoms with van der Waals surface area (Å²) in [4.78, 5) is 0. The van der Waals surface area contributed by atoms with Gasteiger partial charge in [-0.2, -0.15) is 13.2 Å². The highest BCUT2D eigenvalue weighted by Crippen LogP contribution is 2.12. The van der Waals surface area contributed by atoms with Crippen LogP contribution < -0.4 is 5.32 Å². The van der Waals surface area contributed by atoms with E-state index < -0.39 is 12.7 Å². The van der Waals surface area contributed by atoms with Gasteiger partial charge in [-0.25, -0.2) is 0 Å². The van der Waals surface area contributed by atoms with Crippen molar-refractivity contribution in [2.45, 2.75) is 32.5 Å². The number of halogens is 3. The Balaban J connectivity index is 3.36. The van der Waals surface area contributed by atoms with Gasteiger partial charge in [0.1, 0.15) is 0 Å². The average molecular weight is 155 g/mol. The van der Waals surface area contributed by atoms with Crippen molar-refractivity contribution < 1.29 is 13.2 Å². The van der Waals surface area contributed by atoms with E-state index in [1.165, 1.54) is 0 Å². The number of hydrogen-bond acceptors (Lipinski definition) is 1. The van der Waals surface area contributed by atoms with E-state index in [9.17, 15) is 13.2 Å². The first-order valence-electron chi connectivity index (χ1n) is 3.26. The predicted molar refractivity (Wildman–Crippen MR) is 33.8 cm³/mol. The molecule has 0 aromatic heterocycles. The number of alkyl halides is 3. The lowest BCUT2D eigenvalue weighted by atomic mass is 10.3. The van der Waals surface area contributed by atoms with E-state index in [-0.39, 0.29) is 6.04 Å². The molecule has 0 aliphatic heterocycles. The molecule has 0 spiro atoms. The smallest absolute Gasteiger partial charge is 0.306 e. The van der Waals surface area contributed by atoms with Crippen LogP contribution in [0.5, 0.6) is 0 Å². The molecule has 4 heteroatoms. The highest BCUT2D eigenvalue weighted by molar-refractivity contribution is 4.61. The molecule has 0 radical (unpaired) electrons. The van der Waals surface area contributed by atoms with Crippen LogP contribution >= 0.6 is 0 Å². The van der Waals surface area contributed by atoms with E-state index >= 15 is 0 Å². The molecule has 0 saturated carbocycles. The van der Waals surface area contributed by atoms with E-state index in [1.807, 2.05) is 6.92 Å². The maximum absolute atomic E-state index is 11.5. The van der Waals surface area contributed by atoms with Gasteiger partial charge >= 0.3 is 6.18 Å². The Labute approximate surface area is 58.6 Å². The Morgan fingerprint density at radius 1 is 1.40 bits per heavy atom. The summed E-state index contributed by atoms with van der Waals surface area (Å²) in [6.07, 6.45) is -3.36. The molecule has 0 aromatic rings. The van der Waals surface area contributed by atoms with Gasteiger partial charge in [0.05, 0.1) is 6.54 Å². The van der Waals surface area contributed by atoms with Crippen molar-refractivity contribution >= 4 is 0 Å². The monoisotopic (exact) mass is 155 g/mol. The fourth-order valence-corrected chi connectivity index (χ4v) is 0.434. The van der Waals surface area contributed by atoms with Gasteiger partial charge in [-0.05, 0) is 13.3 Å². The Morgan fingerprint density at radius 2 is 1.90 bits per heavy atom. The van der Waals surface area contributed by atoms with Gasteiger partial charge in [0.2, 0.25) is 0 Å². The zero-order valence-electron chi connectivity index (χ0n) is 6.13. The van der Waals surface area contributed by atoms with Crippen molar-refractivity contribution in [2.75, 3.05) is 6.54 Å². The third kappa shape index (κ3) is 5.88. The summed E-state index contributed by atoms with van der Waals surface area (Å²) in [6.45, 7) is 2.68. The van der Waals surface area contributed by atoms with Gasteiger partial charge in [0, 0.05) is 6.04 Å². The minimum atomic E-state index is -4.08. The van der Waals surface area contributed by atoms with Crippen LogP contribution in [0.3, 0.4) is 0 Å². The molecule has 1 N–H and O–H groups in total. The summed E-state index contributed by atoms with van der Waals surface area (Å²) in [6, 6.07) is -0.0541. The van der Waals surface area contributed by atoms with Crippen LogP contribution in [0.1, 0.15) is 20.3 Å². The molecule has 1 unspecified atom stereocenters. The van der Waals surface area contributed by atoms with Crippen LogP contribution in [-0.2, 0) is 0 Å². The zero-order valence-corrected chi connectivity index (χ0v) is 6.13. The van der Waals surface area contributed by atoms with Crippen molar-refractivity contribution in [1.82, 2.24) is 5.32 Å². The van der Waals surface area contributed by atoms with Gasteiger partial charge in [0.15, 0.2) is 0 Å². The number of rotatable bonds is 3. The Kier molecular flexibility index (Phi) is 3.71. The molecule has 0 amide bonds. The average Bonchev–Trinajstić information content (AvgIpc) is 1.81. The quantitative estimate of drug-likeness (QED) is 0.656. The van der Waals surface area contributed by atoms with E-state index in [1.54, 1.807) is 6.92 Å². The van der Waals surface area contributed by atoms with E-state index in [2.05, 4.69) is 5.32 Å². The van der Waals surface area contributed by atoms with Gasteiger partial charge in [-0.1, -0.05) is 6.92 Å². The molecule has 1 atom stereocenters. The fraction of sp³-hybridized carbons (Fsp3) is 1.00. The molecule has 62 valence electrons. The van der Waals surface area contributed by atoms with E-state index in [0.717, 1.165) is 6.42 Å². The summed E-state index contributed by atoms with van der Waals surface area (Å²) in [5, 5.41) is 2.35. The normalized spacial score (nSPS) is 15.3. The Morgan fingerprint density at radius 3 is 2.20 bits per heavy atom. The molecule has 0 bridgehead atoms. The molecule has 0 aromatic carbocycles. The molecular weight excluding hydrogens is 143 g/mol. The Hall–Kier alpha value is -0.250. The standard InChI is InChI=1S/C6H12F3N/c1-3-5(2)10-4-6(7,8)9/h5,10H,3-4H2,1-2H3. The van der Waals surface area contributed by atoms with Crippen molar-refractivity contribution in [3.63, 3.8) is 0 Å². The number of nitrogens with one attached hydrogen (secondary N) is 1. The second-order valence-electron chi connectivity index (χ2n) is 2.31. The Bertz CT molecular complexity index is 89.5. The molecule has 0 aliphatic carbocycles. The topological polar surface area (TPSA) is 12.0 Å². The molecule has 0 heterocycles. The summed E-state index contributed by atoms with van der Waals surface area (Å²) in [5.41, 5.74) is 0. The third-order valence-electron chi connectivity index (χ3n) is 1.26. The first-order chi connectivity index (χ1) is 4.45. The second kappa shape index (κ2) is 3.81. The lowest BCUT2D eigenvalue weighted by Gasteiger charge is -2.12. The first-order valence-corrected chi connectivity index (χ1v) is 3.26. The van der Waals surface area contributed by atoms with Crippen molar-refractivity contribution in [3.8, 4) is 0 Å². The fourth-order valence-electron chi connectivity index (χ4n) is 0.434. The summed E-state index contributed by atoms with van der Waals surface area (Å²) < 4.78 is 34.5. The maximum Gasteiger partial charge on any atom is 0.401 e. The zero-order chi connectivity index (χ0) is 8.20. The highest BCUT2D eigenvalue weighted by atomic mass is 19.4. The summed E-state index contributed by atoms with van der Waals surface area (Å²) >= 11 is 0. The molecule has 0 aliphatic rings. The van der Waals surface area contributed by atoms with Crippen LogP contribution in [0, 0.1) is 0 Å². The van der Waals surface area contributed by atoms with Crippen LogP contribution in [0.25, 0.3) is 0 Å². The minimum Gasteiger partial charge on any atom is -0.306 e. The van der Waals surface area contributed by atoms with Crippen molar-refractivity contribution in [1.29, 1.82) is 0 Å². The number of hydrogen-bond donors (Lipinski definition) is 1. The molecule has 0 rings (SSSR count). The highest BCUT2D eigenvalue weighted by Gasteiger charge is 2.26. The van der Waals surface area contributed by atoms with Crippen LogP contribution in [-0.4, -0.2) is 18.8 Å². The second-order valence-corrected chi connectivity index (χ2v) is 2.31. The van der Waals surface area contributed by atoms with Gasteiger partial charge in [-0.3, -0.25) is 0 Å². The molecular formula is C6H12F3N. The SMILES string of the molecule is CCC(C)NCC(F)(F)F. The largest absolute Gasteiger partial charge is 0.401 e. The van der Waals surface area contributed by atoms with Gasteiger partial charge in [0.25, 0.3) is 0 Å². The van der Waals surface area contributed by atoms with Crippen LogP contribution in [0.15, 0.2) is 0 Å². The van der Waals surface area contributed by atoms with E-state index in [0.29, 0.717) is 0 Å². The molecule has 0 saturated heterocycles. The van der Waals surface area contributed by atoms with Gasteiger partial charge < -0.3 is 5.32 Å². The van der Waals surface area contributed by atoms with E-state index in [4.69, 9.17) is 0 Å². The lowest BCUT2D eigenvalue weighted by Crippen LogP contribution is -2.34. The third-order valence-corrected chi connectivity index (χ3v) is 1.26. The molecule has 0 fully saturated rings. The molecule has 10 heavy (non-hydrogen) atoms. The predicted octanol–water partition coefficient (Wildman–Crippen LogP) is 1.94. The summed E-state index contributed by atoms with van der Waals surface area (Å²) in [7, 11) is 0.